The molecule has 1 heterocycles. The number of benzene rings is 1. The third-order valence-electron chi connectivity index (χ3n) is 3.16. The molecule has 2 aromatic rings. The van der Waals surface area contributed by atoms with E-state index in [0.717, 1.165) is 11.4 Å². The molecule has 0 aliphatic carbocycles. The van der Waals surface area contributed by atoms with Gasteiger partial charge in [0.05, 0.1) is 12.6 Å². The summed E-state index contributed by atoms with van der Waals surface area (Å²) in [6.45, 7) is 3.15. The van der Waals surface area contributed by atoms with Crippen LogP contribution in [0.25, 0.3) is 0 Å². The standard InChI is InChI=1S/C16H20N2O3/c1-12-3-5-14(6-4-12)20-7-8-21-16-11-18(2)13(10-17)9-15(16)19/h3-6,9,11H,7-8,10,17H2,1-2H3/p+1. The van der Waals surface area contributed by atoms with E-state index in [1.54, 1.807) is 12.3 Å². The van der Waals surface area contributed by atoms with E-state index in [-0.39, 0.29) is 5.75 Å². The van der Waals surface area contributed by atoms with E-state index < -0.39 is 0 Å². The lowest BCUT2D eigenvalue weighted by molar-refractivity contribution is -0.679. The molecule has 112 valence electrons. The first kappa shape index (κ1) is 15.1. The van der Waals surface area contributed by atoms with Crippen molar-refractivity contribution in [2.75, 3.05) is 13.2 Å². The number of pyridine rings is 1. The average Bonchev–Trinajstić information content (AvgIpc) is 2.48. The normalized spacial score (nSPS) is 10.4. The molecule has 1 aromatic carbocycles. The highest BCUT2D eigenvalue weighted by molar-refractivity contribution is 5.35. The van der Waals surface area contributed by atoms with Gasteiger partial charge in [0.25, 0.3) is 0 Å². The van der Waals surface area contributed by atoms with Crippen LogP contribution in [-0.4, -0.2) is 18.3 Å². The van der Waals surface area contributed by atoms with Crippen molar-refractivity contribution in [1.82, 2.24) is 0 Å². The van der Waals surface area contributed by atoms with Crippen molar-refractivity contribution in [3.63, 3.8) is 0 Å². The Morgan fingerprint density at radius 1 is 1.14 bits per heavy atom. The van der Waals surface area contributed by atoms with E-state index in [1.165, 1.54) is 5.56 Å². The number of ether oxygens (including phenoxy) is 2. The Hall–Kier alpha value is -2.27. The summed E-state index contributed by atoms with van der Waals surface area (Å²) in [4.78, 5) is 0. The van der Waals surface area contributed by atoms with Gasteiger partial charge in [-0.15, -0.1) is 0 Å². The van der Waals surface area contributed by atoms with Crippen molar-refractivity contribution >= 4 is 0 Å². The summed E-state index contributed by atoms with van der Waals surface area (Å²) in [5.74, 6) is 1.31. The van der Waals surface area contributed by atoms with Gasteiger partial charge < -0.3 is 20.3 Å². The average molecular weight is 289 g/mol. The van der Waals surface area contributed by atoms with Crippen molar-refractivity contribution in [1.29, 1.82) is 0 Å². The minimum absolute atomic E-state index is 0.0869. The lowest BCUT2D eigenvalue weighted by Gasteiger charge is -2.09. The number of nitrogens with two attached hydrogens (primary N) is 1. The summed E-state index contributed by atoms with van der Waals surface area (Å²) in [5.41, 5.74) is 7.59. The van der Waals surface area contributed by atoms with E-state index >= 15 is 0 Å². The number of aromatic hydroxyl groups is 1. The molecule has 5 nitrogen and oxygen atoms in total. The first-order valence-corrected chi connectivity index (χ1v) is 6.84. The maximum Gasteiger partial charge on any atom is 0.225 e. The van der Waals surface area contributed by atoms with Crippen LogP contribution >= 0.6 is 0 Å². The van der Waals surface area contributed by atoms with Crippen molar-refractivity contribution in [3.8, 4) is 17.2 Å². The van der Waals surface area contributed by atoms with Gasteiger partial charge >= 0.3 is 0 Å². The molecule has 0 amide bonds. The molecule has 0 saturated heterocycles. The van der Waals surface area contributed by atoms with E-state index in [0.29, 0.717) is 25.5 Å². The van der Waals surface area contributed by atoms with Crippen LogP contribution in [0.15, 0.2) is 36.5 Å². The Bertz CT molecular complexity index is 597. The minimum Gasteiger partial charge on any atom is -0.504 e. The zero-order valence-electron chi connectivity index (χ0n) is 12.4. The summed E-state index contributed by atoms with van der Waals surface area (Å²) < 4.78 is 12.9. The highest BCUT2D eigenvalue weighted by atomic mass is 16.5. The molecule has 21 heavy (non-hydrogen) atoms. The van der Waals surface area contributed by atoms with E-state index in [4.69, 9.17) is 15.2 Å². The molecular formula is C16H21N2O3+. The number of aryl methyl sites for hydroxylation is 2. The minimum atomic E-state index is 0.0869. The fraction of sp³-hybridized carbons (Fsp3) is 0.312. The molecule has 0 fully saturated rings. The van der Waals surface area contributed by atoms with Crippen LogP contribution in [0.5, 0.6) is 17.2 Å². The molecule has 5 heteroatoms. The maximum absolute atomic E-state index is 9.86. The number of hydrogen-bond donors (Lipinski definition) is 2. The van der Waals surface area contributed by atoms with Gasteiger partial charge in [0.2, 0.25) is 11.9 Å². The van der Waals surface area contributed by atoms with Crippen LogP contribution in [0.4, 0.5) is 0 Å². The van der Waals surface area contributed by atoms with E-state index in [9.17, 15) is 5.11 Å². The van der Waals surface area contributed by atoms with E-state index in [2.05, 4.69) is 0 Å². The Morgan fingerprint density at radius 2 is 1.81 bits per heavy atom. The second kappa shape index (κ2) is 6.95. The van der Waals surface area contributed by atoms with Crippen molar-refractivity contribution in [2.45, 2.75) is 13.5 Å². The van der Waals surface area contributed by atoms with Gasteiger partial charge in [-0.05, 0) is 19.1 Å². The lowest BCUT2D eigenvalue weighted by atomic mass is 10.2. The molecule has 3 N–H and O–H groups in total. The smallest absolute Gasteiger partial charge is 0.225 e. The second-order valence-electron chi connectivity index (χ2n) is 4.84. The van der Waals surface area contributed by atoms with Gasteiger partial charge in [-0.1, -0.05) is 17.7 Å². The fourth-order valence-corrected chi connectivity index (χ4v) is 1.92. The molecule has 2 rings (SSSR count). The van der Waals surface area contributed by atoms with Crippen LogP contribution in [-0.2, 0) is 13.6 Å². The molecule has 0 unspecified atom stereocenters. The summed E-state index contributed by atoms with van der Waals surface area (Å²) >= 11 is 0. The predicted octanol–water partition coefficient (Wildman–Crippen LogP) is 1.44. The monoisotopic (exact) mass is 289 g/mol. The third kappa shape index (κ3) is 4.10. The van der Waals surface area contributed by atoms with E-state index in [1.807, 2.05) is 42.8 Å². The fourth-order valence-electron chi connectivity index (χ4n) is 1.92. The molecular weight excluding hydrogens is 268 g/mol. The SMILES string of the molecule is Cc1ccc(OCCOc2c[n+](C)c(CN)cc2O)cc1. The zero-order valence-corrected chi connectivity index (χ0v) is 12.4. The van der Waals surface area contributed by atoms with Crippen LogP contribution in [0.2, 0.25) is 0 Å². The number of hydrogen-bond acceptors (Lipinski definition) is 4. The maximum atomic E-state index is 9.86. The van der Waals surface area contributed by atoms with Crippen LogP contribution in [0.3, 0.4) is 0 Å². The molecule has 0 bridgehead atoms. The van der Waals surface area contributed by atoms with Crippen molar-refractivity contribution in [2.24, 2.45) is 12.8 Å². The number of nitrogens with zero attached hydrogens (tertiary/aromatic N) is 1. The van der Waals surface area contributed by atoms with Gasteiger partial charge in [-0.2, -0.15) is 0 Å². The lowest BCUT2D eigenvalue weighted by Crippen LogP contribution is -2.34. The largest absolute Gasteiger partial charge is 0.504 e. The first-order valence-electron chi connectivity index (χ1n) is 6.84. The highest BCUT2D eigenvalue weighted by Crippen LogP contribution is 2.24. The van der Waals surface area contributed by atoms with Gasteiger partial charge in [0.15, 0.2) is 11.4 Å². The van der Waals surface area contributed by atoms with Gasteiger partial charge in [-0.3, -0.25) is 0 Å². The number of rotatable bonds is 6. The quantitative estimate of drug-likeness (QED) is 0.624. The summed E-state index contributed by atoms with van der Waals surface area (Å²) in [6.07, 6.45) is 1.71. The van der Waals surface area contributed by atoms with Crippen LogP contribution in [0, 0.1) is 6.92 Å². The summed E-state index contributed by atoms with van der Waals surface area (Å²) in [5, 5.41) is 9.86. The van der Waals surface area contributed by atoms with Crippen molar-refractivity contribution in [3.05, 3.63) is 47.8 Å². The van der Waals surface area contributed by atoms with Crippen LogP contribution < -0.4 is 19.8 Å². The third-order valence-corrected chi connectivity index (χ3v) is 3.16. The molecule has 1 aromatic heterocycles. The molecule has 0 radical (unpaired) electrons. The Balaban J connectivity index is 1.86. The Morgan fingerprint density at radius 3 is 2.48 bits per heavy atom. The molecule has 0 aliphatic rings. The molecule has 0 aliphatic heterocycles. The second-order valence-corrected chi connectivity index (χ2v) is 4.84. The highest BCUT2D eigenvalue weighted by Gasteiger charge is 2.13. The Kier molecular flexibility index (Phi) is 5.00. The molecule has 0 saturated carbocycles. The first-order chi connectivity index (χ1) is 10.1. The van der Waals surface area contributed by atoms with Gasteiger partial charge in [0, 0.05) is 0 Å². The topological polar surface area (TPSA) is 68.6 Å². The Labute approximate surface area is 124 Å². The zero-order chi connectivity index (χ0) is 15.2. The van der Waals surface area contributed by atoms with Crippen molar-refractivity contribution < 1.29 is 19.1 Å². The number of aromatic nitrogens is 1. The van der Waals surface area contributed by atoms with Gasteiger partial charge in [0.1, 0.15) is 26.0 Å². The molecule has 0 spiro atoms. The predicted molar refractivity (Wildman–Crippen MR) is 79.3 cm³/mol. The van der Waals surface area contributed by atoms with Crippen LogP contribution in [0.1, 0.15) is 11.3 Å². The summed E-state index contributed by atoms with van der Waals surface area (Å²) in [6, 6.07) is 9.43. The molecule has 0 atom stereocenters. The summed E-state index contributed by atoms with van der Waals surface area (Å²) in [7, 11) is 1.86. The van der Waals surface area contributed by atoms with Gasteiger partial charge in [-0.25, -0.2) is 4.57 Å².